The molecule has 2 saturated heterocycles. The van der Waals surface area contributed by atoms with E-state index in [1.54, 1.807) is 18.3 Å². The van der Waals surface area contributed by atoms with E-state index in [0.717, 1.165) is 35.7 Å². The lowest BCUT2D eigenvalue weighted by atomic mass is 9.91. The van der Waals surface area contributed by atoms with Crippen LogP contribution in [0.15, 0.2) is 83.4 Å². The molecule has 0 saturated carbocycles. The molecule has 0 unspecified atom stereocenters. The van der Waals surface area contributed by atoms with Gasteiger partial charge in [0.25, 0.3) is 5.69 Å². The molecule has 1 N–H and O–H groups in total. The van der Waals surface area contributed by atoms with Crippen LogP contribution < -0.4 is 15.1 Å². The number of rotatable bonds is 6. The summed E-state index contributed by atoms with van der Waals surface area (Å²) in [6.45, 7) is 6.54. The summed E-state index contributed by atoms with van der Waals surface area (Å²) in [5.41, 5.74) is 3.48. The number of piperidine rings is 1. The van der Waals surface area contributed by atoms with Crippen molar-refractivity contribution in [3.63, 3.8) is 0 Å². The van der Waals surface area contributed by atoms with Gasteiger partial charge < -0.3 is 19.5 Å². The van der Waals surface area contributed by atoms with Crippen molar-refractivity contribution in [2.45, 2.75) is 32.4 Å². The smallest absolute Gasteiger partial charge is 0.269 e. The van der Waals surface area contributed by atoms with E-state index in [-0.39, 0.29) is 17.8 Å². The van der Waals surface area contributed by atoms with Crippen molar-refractivity contribution in [2.24, 2.45) is 11.8 Å². The van der Waals surface area contributed by atoms with Crippen LogP contribution in [-0.4, -0.2) is 28.1 Å². The zero-order valence-corrected chi connectivity index (χ0v) is 24.3. The van der Waals surface area contributed by atoms with Gasteiger partial charge in [-0.1, -0.05) is 31.5 Å². The van der Waals surface area contributed by atoms with Gasteiger partial charge in [-0.25, -0.2) is 0 Å². The van der Waals surface area contributed by atoms with Crippen molar-refractivity contribution in [1.82, 2.24) is 10.3 Å². The van der Waals surface area contributed by atoms with Crippen LogP contribution in [0.4, 0.5) is 17.1 Å². The minimum absolute atomic E-state index is 0.0288. The number of anilines is 2. The summed E-state index contributed by atoms with van der Waals surface area (Å²) in [5, 5.41) is 15.8. The molecule has 210 valence electrons. The molecule has 2 aromatic carbocycles. The highest BCUT2D eigenvalue weighted by Crippen LogP contribution is 2.44. The maximum Gasteiger partial charge on any atom is 0.269 e. The van der Waals surface area contributed by atoms with Gasteiger partial charge in [-0.05, 0) is 85.1 Å². The number of benzene rings is 2. The second kappa shape index (κ2) is 11.1. The molecule has 41 heavy (non-hydrogen) atoms. The maximum atomic E-state index is 11.1. The number of aromatic nitrogens is 1. The Balaban J connectivity index is 1.37. The van der Waals surface area contributed by atoms with Crippen molar-refractivity contribution < 1.29 is 9.34 Å². The number of halogens is 1. The molecule has 0 amide bonds. The fourth-order valence-corrected chi connectivity index (χ4v) is 6.74. The second-order valence-electron chi connectivity index (χ2n) is 11.0. The van der Waals surface area contributed by atoms with Crippen LogP contribution in [-0.2, 0) is 0 Å². The standard InChI is InChI=1S/C31H30ClN5O3S/c1-19-15-20(2)18-35(17-19)26-11-10-23(16-24(26)32)36-30(29(34-31(36)41)25-5-3-4-14-33-25)28-13-12-27(40-28)21-6-8-22(9-7-21)37(38)39/h3-14,16,19-20,29-30H,15,17-18H2,1-2H3,(H,34,41)/t19-,20-,29+,30+/m1/s1. The number of hydrogen-bond donors (Lipinski definition) is 1. The van der Waals surface area contributed by atoms with Gasteiger partial charge in [0.2, 0.25) is 0 Å². The first kappa shape index (κ1) is 27.2. The summed E-state index contributed by atoms with van der Waals surface area (Å²) in [4.78, 5) is 19.7. The summed E-state index contributed by atoms with van der Waals surface area (Å²) in [7, 11) is 0. The molecule has 2 aliphatic heterocycles. The number of nitrogens with one attached hydrogen (secondary N) is 1. The molecule has 10 heteroatoms. The van der Waals surface area contributed by atoms with Crippen molar-refractivity contribution in [3.8, 4) is 11.3 Å². The lowest BCUT2D eigenvalue weighted by molar-refractivity contribution is -0.384. The molecule has 4 atom stereocenters. The Morgan fingerprint density at radius 2 is 1.80 bits per heavy atom. The Labute approximate surface area is 249 Å². The van der Waals surface area contributed by atoms with Crippen molar-refractivity contribution >= 4 is 46.0 Å². The first-order chi connectivity index (χ1) is 19.8. The molecule has 0 spiro atoms. The Hall–Kier alpha value is -3.95. The molecular weight excluding hydrogens is 558 g/mol. The van der Waals surface area contributed by atoms with Gasteiger partial charge in [-0.2, -0.15) is 0 Å². The van der Waals surface area contributed by atoms with Gasteiger partial charge in [-0.15, -0.1) is 0 Å². The number of nitrogens with zero attached hydrogens (tertiary/aromatic N) is 4. The second-order valence-corrected chi connectivity index (χ2v) is 11.8. The molecule has 4 heterocycles. The highest BCUT2D eigenvalue weighted by Gasteiger charge is 2.43. The van der Waals surface area contributed by atoms with Crippen LogP contribution in [0.5, 0.6) is 0 Å². The van der Waals surface area contributed by atoms with E-state index in [0.29, 0.717) is 33.5 Å². The third kappa shape index (κ3) is 5.39. The summed E-state index contributed by atoms with van der Waals surface area (Å²) < 4.78 is 6.40. The average molecular weight is 588 g/mol. The minimum atomic E-state index is -0.416. The van der Waals surface area contributed by atoms with Gasteiger partial charge >= 0.3 is 0 Å². The molecular formula is C31H30ClN5O3S. The maximum absolute atomic E-state index is 11.1. The Morgan fingerprint density at radius 3 is 2.46 bits per heavy atom. The van der Waals surface area contributed by atoms with Crippen molar-refractivity contribution in [3.05, 3.63) is 106 Å². The molecule has 0 radical (unpaired) electrons. The highest BCUT2D eigenvalue weighted by molar-refractivity contribution is 7.80. The monoisotopic (exact) mass is 587 g/mol. The topological polar surface area (TPSA) is 87.7 Å². The largest absolute Gasteiger partial charge is 0.459 e. The van der Waals surface area contributed by atoms with Crippen LogP contribution in [0.25, 0.3) is 11.3 Å². The average Bonchev–Trinajstić information content (AvgIpc) is 3.57. The molecule has 4 aromatic rings. The lowest BCUT2D eigenvalue weighted by Gasteiger charge is -2.37. The van der Waals surface area contributed by atoms with E-state index in [4.69, 9.17) is 28.2 Å². The van der Waals surface area contributed by atoms with Crippen molar-refractivity contribution in [2.75, 3.05) is 22.9 Å². The molecule has 0 bridgehead atoms. The third-order valence-corrected chi connectivity index (χ3v) is 8.42. The van der Waals surface area contributed by atoms with Crippen LogP contribution in [0.2, 0.25) is 5.02 Å². The number of pyridine rings is 1. The van der Waals surface area contributed by atoms with Crippen LogP contribution >= 0.6 is 23.8 Å². The number of furan rings is 1. The summed E-state index contributed by atoms with van der Waals surface area (Å²) >= 11 is 12.8. The van der Waals surface area contributed by atoms with Crippen molar-refractivity contribution in [1.29, 1.82) is 0 Å². The van der Waals surface area contributed by atoms with E-state index in [2.05, 4.69) is 41.2 Å². The quantitative estimate of drug-likeness (QED) is 0.140. The Bertz CT molecular complexity index is 1570. The van der Waals surface area contributed by atoms with Gasteiger partial charge in [0.15, 0.2) is 5.11 Å². The molecule has 2 fully saturated rings. The van der Waals surface area contributed by atoms with E-state index < -0.39 is 4.92 Å². The molecule has 6 rings (SSSR count). The Kier molecular flexibility index (Phi) is 7.40. The zero-order chi connectivity index (χ0) is 28.7. The Morgan fingerprint density at radius 1 is 1.05 bits per heavy atom. The SMILES string of the molecule is C[C@@H]1C[C@@H](C)CN(c2ccc(N3C(=S)N[C@@H](c4ccccn4)[C@@H]3c3ccc(-c4ccc([N+](=O)[O-])cc4)o3)cc2Cl)C1. The van der Waals surface area contributed by atoms with E-state index in [9.17, 15) is 10.1 Å². The predicted molar refractivity (Wildman–Crippen MR) is 165 cm³/mol. The fraction of sp³-hybridized carbons (Fsp3) is 0.290. The third-order valence-electron chi connectivity index (χ3n) is 7.80. The molecule has 2 aromatic heterocycles. The first-order valence-corrected chi connectivity index (χ1v) is 14.5. The number of nitro groups is 1. The van der Waals surface area contributed by atoms with Crippen LogP contribution in [0.3, 0.4) is 0 Å². The van der Waals surface area contributed by atoms with Gasteiger partial charge in [-0.3, -0.25) is 15.1 Å². The minimum Gasteiger partial charge on any atom is -0.459 e. The lowest BCUT2D eigenvalue weighted by Crippen LogP contribution is -2.38. The van der Waals surface area contributed by atoms with E-state index >= 15 is 0 Å². The molecule has 0 aliphatic carbocycles. The van der Waals surface area contributed by atoms with E-state index in [1.165, 1.54) is 18.6 Å². The number of nitro benzene ring substituents is 1. The molecule has 2 aliphatic rings. The first-order valence-electron chi connectivity index (χ1n) is 13.7. The normalized spacial score (nSPS) is 22.6. The predicted octanol–water partition coefficient (Wildman–Crippen LogP) is 7.56. The van der Waals surface area contributed by atoms with Crippen LogP contribution in [0.1, 0.15) is 43.8 Å². The summed E-state index contributed by atoms with van der Waals surface area (Å²) in [5.74, 6) is 2.50. The fourth-order valence-electron chi connectivity index (χ4n) is 6.10. The number of non-ortho nitro benzene ring substituents is 1. The van der Waals surface area contributed by atoms with Gasteiger partial charge in [0, 0.05) is 42.7 Å². The van der Waals surface area contributed by atoms with E-state index in [1.807, 2.05) is 41.3 Å². The van der Waals surface area contributed by atoms with Gasteiger partial charge in [0.1, 0.15) is 17.6 Å². The molecule has 8 nitrogen and oxygen atoms in total. The van der Waals surface area contributed by atoms with Gasteiger partial charge in [0.05, 0.1) is 27.4 Å². The number of thiocarbonyl (C=S) groups is 1. The summed E-state index contributed by atoms with van der Waals surface area (Å²) in [6, 6.07) is 21.4. The summed E-state index contributed by atoms with van der Waals surface area (Å²) in [6.07, 6.45) is 2.98. The zero-order valence-electron chi connectivity index (χ0n) is 22.7. The van der Waals surface area contributed by atoms with Crippen LogP contribution in [0, 0.1) is 22.0 Å². The highest BCUT2D eigenvalue weighted by atomic mass is 35.5. The number of hydrogen-bond acceptors (Lipinski definition) is 6.